The highest BCUT2D eigenvalue weighted by molar-refractivity contribution is 5.95. The molecule has 3 aromatic heterocycles. The summed E-state index contributed by atoms with van der Waals surface area (Å²) < 4.78 is 37.0. The van der Waals surface area contributed by atoms with Gasteiger partial charge in [0.15, 0.2) is 0 Å². The van der Waals surface area contributed by atoms with Crippen molar-refractivity contribution in [2.45, 2.75) is 19.0 Å². The third kappa shape index (κ3) is 3.15. The van der Waals surface area contributed by atoms with Gasteiger partial charge in [0.25, 0.3) is 0 Å². The number of nitrogens with zero attached hydrogens (tertiary/aromatic N) is 4. The zero-order valence-electron chi connectivity index (χ0n) is 12.9. The molecule has 0 amide bonds. The molecule has 0 bridgehead atoms. The highest BCUT2D eigenvalue weighted by Crippen LogP contribution is 2.29. The first-order valence-electron chi connectivity index (χ1n) is 7.60. The van der Waals surface area contributed by atoms with E-state index < -0.39 is 12.6 Å². The predicted molar refractivity (Wildman–Crippen MR) is 86.8 cm³/mol. The van der Waals surface area contributed by atoms with Crippen LogP contribution in [0.3, 0.4) is 0 Å². The Morgan fingerprint density at radius 1 is 1.00 bits per heavy atom. The number of aromatic nitrogens is 5. The van der Waals surface area contributed by atoms with Gasteiger partial charge in [-0.3, -0.25) is 9.97 Å². The molecule has 0 aliphatic rings. The topological polar surface area (TPSA) is 67.3 Å². The summed E-state index contributed by atoms with van der Waals surface area (Å²) in [6.45, 7) is 0. The number of aromatic amines is 1. The van der Waals surface area contributed by atoms with Gasteiger partial charge >= 0.3 is 6.18 Å². The Balaban J connectivity index is 1.70. The third-order valence-electron chi connectivity index (χ3n) is 3.89. The molecule has 1 aromatic carbocycles. The van der Waals surface area contributed by atoms with E-state index in [0.29, 0.717) is 5.65 Å². The minimum absolute atomic E-state index is 0.169. The molecule has 0 aliphatic heterocycles. The molecule has 8 heteroatoms. The van der Waals surface area contributed by atoms with Gasteiger partial charge in [-0.05, 0) is 17.7 Å². The number of H-pyrrole nitrogens is 1. The fourth-order valence-electron chi connectivity index (χ4n) is 2.69. The number of rotatable bonds is 3. The van der Waals surface area contributed by atoms with E-state index in [1.807, 2.05) is 18.2 Å². The quantitative estimate of drug-likeness (QED) is 0.609. The van der Waals surface area contributed by atoms with Gasteiger partial charge in [-0.15, -0.1) is 0 Å². The number of nitrogens with one attached hydrogen (secondary N) is 1. The van der Waals surface area contributed by atoms with Crippen molar-refractivity contribution in [2.24, 2.45) is 0 Å². The molecular formula is C17H12F3N5. The summed E-state index contributed by atoms with van der Waals surface area (Å²) in [7, 11) is 0. The number of fused-ring (bicyclic) bond motifs is 2. The van der Waals surface area contributed by atoms with Gasteiger partial charge in [0.05, 0.1) is 17.5 Å². The first kappa shape index (κ1) is 15.5. The molecule has 0 spiro atoms. The zero-order valence-corrected chi connectivity index (χ0v) is 12.9. The van der Waals surface area contributed by atoms with E-state index >= 15 is 0 Å². The summed E-state index contributed by atoms with van der Waals surface area (Å²) >= 11 is 0. The minimum Gasteiger partial charge on any atom is -0.345 e. The lowest BCUT2D eigenvalue weighted by Crippen LogP contribution is -2.10. The Morgan fingerprint density at radius 3 is 2.60 bits per heavy atom. The van der Waals surface area contributed by atoms with Crippen LogP contribution in [0.15, 0.2) is 43.0 Å². The van der Waals surface area contributed by atoms with Gasteiger partial charge in [-0.1, -0.05) is 6.07 Å². The fourth-order valence-corrected chi connectivity index (χ4v) is 2.69. The van der Waals surface area contributed by atoms with E-state index in [1.54, 1.807) is 24.8 Å². The Kier molecular flexibility index (Phi) is 3.60. The molecule has 4 rings (SSSR count). The van der Waals surface area contributed by atoms with E-state index in [2.05, 4.69) is 24.9 Å². The molecule has 5 nitrogen and oxygen atoms in total. The van der Waals surface area contributed by atoms with Gasteiger partial charge in [-0.25, -0.2) is 9.97 Å². The van der Waals surface area contributed by atoms with E-state index in [0.717, 1.165) is 27.5 Å². The fraction of sp³-hybridized carbons (Fsp3) is 0.176. The molecule has 0 saturated carbocycles. The Morgan fingerprint density at radius 2 is 1.80 bits per heavy atom. The Hall–Kier alpha value is -3.03. The maximum absolute atomic E-state index is 12.3. The van der Waals surface area contributed by atoms with Crippen LogP contribution in [0.4, 0.5) is 13.2 Å². The van der Waals surface area contributed by atoms with Crippen LogP contribution in [0.1, 0.15) is 12.2 Å². The molecule has 3 heterocycles. The van der Waals surface area contributed by atoms with Crippen molar-refractivity contribution >= 4 is 22.1 Å². The number of hydrogen-bond acceptors (Lipinski definition) is 4. The zero-order chi connectivity index (χ0) is 17.4. The SMILES string of the molecule is FC(F)(F)CCc1ncc2c(-c3ccc4nccnc4c3)c[nH]c2n1. The normalized spacial score (nSPS) is 12.1. The van der Waals surface area contributed by atoms with Crippen LogP contribution >= 0.6 is 0 Å². The molecule has 4 aromatic rings. The Bertz CT molecular complexity index is 1050. The summed E-state index contributed by atoms with van der Waals surface area (Å²) in [5, 5.41) is 0.749. The van der Waals surface area contributed by atoms with Crippen molar-refractivity contribution in [2.75, 3.05) is 0 Å². The van der Waals surface area contributed by atoms with Gasteiger partial charge in [0.2, 0.25) is 0 Å². The molecule has 1 N–H and O–H groups in total. The highest BCUT2D eigenvalue weighted by atomic mass is 19.4. The summed E-state index contributed by atoms with van der Waals surface area (Å²) in [5.74, 6) is 0.169. The van der Waals surface area contributed by atoms with E-state index in [-0.39, 0.29) is 12.2 Å². The monoisotopic (exact) mass is 343 g/mol. The predicted octanol–water partition coefficient (Wildman–Crippen LogP) is 4.06. The minimum atomic E-state index is -4.22. The lowest BCUT2D eigenvalue weighted by Gasteiger charge is -2.05. The van der Waals surface area contributed by atoms with E-state index in [1.165, 1.54) is 0 Å². The molecule has 0 atom stereocenters. The van der Waals surface area contributed by atoms with Gasteiger partial charge < -0.3 is 4.98 Å². The van der Waals surface area contributed by atoms with Crippen LogP contribution in [0.5, 0.6) is 0 Å². The van der Waals surface area contributed by atoms with Crippen LogP contribution in [0.25, 0.3) is 33.2 Å². The van der Waals surface area contributed by atoms with Crippen molar-refractivity contribution in [3.05, 3.63) is 48.8 Å². The standard InChI is InChI=1S/C17H12F3N5/c18-17(19,20)4-3-15-23-9-12-11(8-24-16(12)25-15)10-1-2-13-14(7-10)22-6-5-21-13/h1-2,5-9H,3-4H2,(H,23,24,25). The molecule has 0 unspecified atom stereocenters. The summed E-state index contributed by atoms with van der Waals surface area (Å²) in [6, 6.07) is 5.69. The number of hydrogen-bond donors (Lipinski definition) is 1. The molecule has 25 heavy (non-hydrogen) atoms. The second-order valence-corrected chi connectivity index (χ2v) is 5.63. The lowest BCUT2D eigenvalue weighted by atomic mass is 10.1. The molecular weight excluding hydrogens is 331 g/mol. The molecule has 0 saturated heterocycles. The van der Waals surface area contributed by atoms with E-state index in [9.17, 15) is 13.2 Å². The van der Waals surface area contributed by atoms with Crippen LogP contribution in [-0.2, 0) is 6.42 Å². The number of benzene rings is 1. The van der Waals surface area contributed by atoms with Crippen molar-refractivity contribution in [3.8, 4) is 11.1 Å². The first-order valence-corrected chi connectivity index (χ1v) is 7.60. The van der Waals surface area contributed by atoms with Crippen molar-refractivity contribution in [1.82, 2.24) is 24.9 Å². The maximum atomic E-state index is 12.3. The summed E-state index contributed by atoms with van der Waals surface area (Å²) in [6.07, 6.45) is 1.19. The van der Waals surface area contributed by atoms with Crippen LogP contribution in [0, 0.1) is 0 Å². The molecule has 0 aliphatic carbocycles. The molecule has 0 radical (unpaired) electrons. The highest BCUT2D eigenvalue weighted by Gasteiger charge is 2.27. The largest absolute Gasteiger partial charge is 0.389 e. The average molecular weight is 343 g/mol. The van der Waals surface area contributed by atoms with Gasteiger partial charge in [0, 0.05) is 42.2 Å². The first-order chi connectivity index (χ1) is 12.0. The summed E-state index contributed by atoms with van der Waals surface area (Å²) in [4.78, 5) is 19.8. The second-order valence-electron chi connectivity index (χ2n) is 5.63. The second kappa shape index (κ2) is 5.80. The number of alkyl halides is 3. The molecule has 126 valence electrons. The smallest absolute Gasteiger partial charge is 0.345 e. The lowest BCUT2D eigenvalue weighted by molar-refractivity contribution is -0.134. The Labute approximate surface area is 140 Å². The van der Waals surface area contributed by atoms with Crippen LogP contribution in [-0.4, -0.2) is 31.1 Å². The van der Waals surface area contributed by atoms with E-state index in [4.69, 9.17) is 0 Å². The van der Waals surface area contributed by atoms with Crippen molar-refractivity contribution in [3.63, 3.8) is 0 Å². The number of aryl methyl sites for hydroxylation is 1. The van der Waals surface area contributed by atoms with Gasteiger partial charge in [-0.2, -0.15) is 13.2 Å². The van der Waals surface area contributed by atoms with Gasteiger partial charge in [0.1, 0.15) is 11.5 Å². The molecule has 0 fully saturated rings. The average Bonchev–Trinajstić information content (AvgIpc) is 3.02. The summed E-state index contributed by atoms with van der Waals surface area (Å²) in [5.41, 5.74) is 3.84. The third-order valence-corrected chi connectivity index (χ3v) is 3.89. The number of halogens is 3. The van der Waals surface area contributed by atoms with Crippen LogP contribution in [0.2, 0.25) is 0 Å². The van der Waals surface area contributed by atoms with Crippen molar-refractivity contribution in [1.29, 1.82) is 0 Å². The maximum Gasteiger partial charge on any atom is 0.389 e. The van der Waals surface area contributed by atoms with Crippen LogP contribution < -0.4 is 0 Å². The van der Waals surface area contributed by atoms with Crippen molar-refractivity contribution < 1.29 is 13.2 Å².